The van der Waals surface area contributed by atoms with E-state index in [9.17, 15) is 18.0 Å². The molecule has 1 N–H and O–H groups in total. The summed E-state index contributed by atoms with van der Waals surface area (Å²) >= 11 is 0. The van der Waals surface area contributed by atoms with Gasteiger partial charge in [0.05, 0.1) is 5.57 Å². The number of halogens is 3. The zero-order valence-electron chi connectivity index (χ0n) is 8.07. The highest BCUT2D eigenvalue weighted by molar-refractivity contribution is 6.23. The first-order chi connectivity index (χ1) is 6.34. The van der Waals surface area contributed by atoms with Gasteiger partial charge in [0.25, 0.3) is 5.78 Å². The number of alkyl halides is 3. The van der Waals surface area contributed by atoms with Gasteiger partial charge in [-0.05, 0) is 6.92 Å². The minimum Gasteiger partial charge on any atom is -0.393 e. The van der Waals surface area contributed by atoms with Crippen LogP contribution < -0.4 is 5.32 Å². The molecule has 0 aliphatic heterocycles. The van der Waals surface area contributed by atoms with E-state index in [0.29, 0.717) is 0 Å². The fourth-order valence-electron chi connectivity index (χ4n) is 0.752. The number of carbonyl (C=O) groups excluding carboxylic acids is 1. The molecule has 0 amide bonds. The van der Waals surface area contributed by atoms with Crippen molar-refractivity contribution < 1.29 is 18.0 Å². The summed E-state index contributed by atoms with van der Waals surface area (Å²) in [5.41, 5.74) is -0.427. The summed E-state index contributed by atoms with van der Waals surface area (Å²) in [6.45, 7) is 1.34. The molecule has 0 aromatic rings. The van der Waals surface area contributed by atoms with E-state index < -0.39 is 17.5 Å². The van der Waals surface area contributed by atoms with Crippen LogP contribution in [0.15, 0.2) is 16.8 Å². The smallest absolute Gasteiger partial charge is 0.393 e. The number of ketones is 1. The molecule has 0 fully saturated rings. The van der Waals surface area contributed by atoms with Crippen LogP contribution in [0.2, 0.25) is 0 Å². The molecule has 0 aliphatic carbocycles. The number of hydrogen-bond donors (Lipinski definition) is 1. The van der Waals surface area contributed by atoms with Gasteiger partial charge < -0.3 is 5.32 Å². The van der Waals surface area contributed by atoms with Crippen molar-refractivity contribution in [2.75, 3.05) is 14.1 Å². The van der Waals surface area contributed by atoms with Crippen LogP contribution in [-0.4, -0.2) is 31.8 Å². The number of Topliss-reactive ketones (excluding diaryl/α,β-unsaturated/α-hetero) is 1. The predicted molar refractivity (Wildman–Crippen MR) is 47.2 cm³/mol. The van der Waals surface area contributed by atoms with Gasteiger partial charge in [-0.15, -0.1) is 0 Å². The number of rotatable bonds is 3. The topological polar surface area (TPSA) is 41.5 Å². The van der Waals surface area contributed by atoms with Crippen LogP contribution >= 0.6 is 0 Å². The number of carbonyl (C=O) groups is 1. The van der Waals surface area contributed by atoms with Crippen molar-refractivity contribution in [3.63, 3.8) is 0 Å². The minimum atomic E-state index is -4.87. The molecule has 0 rings (SSSR count). The van der Waals surface area contributed by atoms with Crippen molar-refractivity contribution in [3.05, 3.63) is 11.8 Å². The average molecular weight is 208 g/mol. The van der Waals surface area contributed by atoms with E-state index in [1.165, 1.54) is 21.0 Å². The van der Waals surface area contributed by atoms with Crippen molar-refractivity contribution in [2.24, 2.45) is 4.99 Å². The Morgan fingerprint density at radius 2 is 1.93 bits per heavy atom. The second-order valence-corrected chi connectivity index (χ2v) is 2.48. The molecular formula is C8H11F3N2O. The molecule has 0 bridgehead atoms. The first-order valence-electron chi connectivity index (χ1n) is 3.77. The maximum atomic E-state index is 12.0. The van der Waals surface area contributed by atoms with Gasteiger partial charge in [0, 0.05) is 26.0 Å². The van der Waals surface area contributed by atoms with Crippen LogP contribution in [-0.2, 0) is 4.79 Å². The average Bonchev–Trinajstić information content (AvgIpc) is 2.10. The SMILES string of the molecule is C/N=C(C)\C(=C/NC)C(=O)C(F)(F)F. The molecule has 0 heterocycles. The molecular weight excluding hydrogens is 197 g/mol. The standard InChI is InChI=1S/C8H11F3N2O/c1-5(13-3)6(4-12-2)7(14)8(9,10)11/h4,12H,1-3H3/b6-4+,13-5-. The van der Waals surface area contributed by atoms with E-state index in [0.717, 1.165) is 6.20 Å². The van der Waals surface area contributed by atoms with Gasteiger partial charge in [-0.1, -0.05) is 0 Å². The number of nitrogens with one attached hydrogen (secondary N) is 1. The van der Waals surface area contributed by atoms with E-state index in [1.807, 2.05) is 0 Å². The molecule has 0 spiro atoms. The quantitative estimate of drug-likeness (QED) is 0.561. The molecule has 0 radical (unpaired) electrons. The highest BCUT2D eigenvalue weighted by atomic mass is 19.4. The first-order valence-corrected chi connectivity index (χ1v) is 3.77. The number of aliphatic imine (C=N–C) groups is 1. The fourth-order valence-corrected chi connectivity index (χ4v) is 0.752. The molecule has 3 nitrogen and oxygen atoms in total. The maximum absolute atomic E-state index is 12.0. The monoisotopic (exact) mass is 208 g/mol. The Kier molecular flexibility index (Phi) is 4.33. The zero-order valence-corrected chi connectivity index (χ0v) is 8.07. The summed E-state index contributed by atoms with van der Waals surface area (Å²) in [4.78, 5) is 14.4. The molecule has 0 atom stereocenters. The van der Waals surface area contributed by atoms with E-state index in [2.05, 4.69) is 10.3 Å². The maximum Gasteiger partial charge on any atom is 0.454 e. The highest BCUT2D eigenvalue weighted by Crippen LogP contribution is 2.21. The van der Waals surface area contributed by atoms with Gasteiger partial charge in [-0.25, -0.2) is 0 Å². The Labute approximate surface area is 79.7 Å². The Bertz CT molecular complexity index is 279. The van der Waals surface area contributed by atoms with Crippen molar-refractivity contribution in [1.29, 1.82) is 0 Å². The summed E-state index contributed by atoms with van der Waals surface area (Å²) in [6, 6.07) is 0. The third-order valence-electron chi connectivity index (χ3n) is 1.52. The molecule has 0 unspecified atom stereocenters. The van der Waals surface area contributed by atoms with E-state index >= 15 is 0 Å². The number of hydrogen-bond acceptors (Lipinski definition) is 3. The number of nitrogens with zero attached hydrogens (tertiary/aromatic N) is 1. The van der Waals surface area contributed by atoms with Crippen molar-refractivity contribution >= 4 is 11.5 Å². The summed E-state index contributed by atoms with van der Waals surface area (Å²) < 4.78 is 36.1. The lowest BCUT2D eigenvalue weighted by molar-refractivity contribution is -0.165. The second-order valence-electron chi connectivity index (χ2n) is 2.48. The highest BCUT2D eigenvalue weighted by Gasteiger charge is 2.41. The zero-order chi connectivity index (χ0) is 11.4. The molecule has 14 heavy (non-hydrogen) atoms. The Balaban J connectivity index is 5.07. The minimum absolute atomic E-state index is 0.0432. The molecule has 0 saturated carbocycles. The summed E-state index contributed by atoms with van der Waals surface area (Å²) in [7, 11) is 2.73. The van der Waals surface area contributed by atoms with Crippen molar-refractivity contribution in [2.45, 2.75) is 13.1 Å². The second kappa shape index (κ2) is 4.78. The van der Waals surface area contributed by atoms with Gasteiger partial charge in [0.15, 0.2) is 0 Å². The number of allylic oxidation sites excluding steroid dienone is 1. The van der Waals surface area contributed by atoms with Crippen LogP contribution in [0.1, 0.15) is 6.92 Å². The van der Waals surface area contributed by atoms with Gasteiger partial charge >= 0.3 is 6.18 Å². The largest absolute Gasteiger partial charge is 0.454 e. The first kappa shape index (κ1) is 12.7. The summed E-state index contributed by atoms with van der Waals surface area (Å²) in [5, 5.41) is 2.37. The van der Waals surface area contributed by atoms with Crippen molar-refractivity contribution in [1.82, 2.24) is 5.32 Å². The normalized spacial score (nSPS) is 14.1. The van der Waals surface area contributed by atoms with Gasteiger partial charge in [0.1, 0.15) is 0 Å². The summed E-state index contributed by atoms with van der Waals surface area (Å²) in [6.07, 6.45) is -3.88. The van der Waals surface area contributed by atoms with Crippen LogP contribution in [0, 0.1) is 0 Å². The lowest BCUT2D eigenvalue weighted by Crippen LogP contribution is -2.28. The van der Waals surface area contributed by atoms with E-state index in [4.69, 9.17) is 0 Å². The van der Waals surface area contributed by atoms with Crippen LogP contribution in [0.5, 0.6) is 0 Å². The molecule has 0 aromatic carbocycles. The Morgan fingerprint density at radius 1 is 1.43 bits per heavy atom. The van der Waals surface area contributed by atoms with Gasteiger partial charge in [0.2, 0.25) is 0 Å². The lowest BCUT2D eigenvalue weighted by atomic mass is 10.1. The Morgan fingerprint density at radius 3 is 2.21 bits per heavy atom. The third-order valence-corrected chi connectivity index (χ3v) is 1.52. The van der Waals surface area contributed by atoms with Crippen LogP contribution in [0.25, 0.3) is 0 Å². The molecule has 0 aliphatic rings. The summed E-state index contributed by atoms with van der Waals surface area (Å²) in [5.74, 6) is -1.89. The van der Waals surface area contributed by atoms with Gasteiger partial charge in [-0.3, -0.25) is 9.79 Å². The molecule has 80 valence electrons. The Hall–Kier alpha value is -1.33. The predicted octanol–water partition coefficient (Wildman–Crippen LogP) is 1.31. The molecule has 0 aromatic heterocycles. The van der Waals surface area contributed by atoms with E-state index in [-0.39, 0.29) is 5.71 Å². The van der Waals surface area contributed by atoms with E-state index in [1.54, 1.807) is 0 Å². The fraction of sp³-hybridized carbons (Fsp3) is 0.500. The lowest BCUT2D eigenvalue weighted by Gasteiger charge is -2.08. The third kappa shape index (κ3) is 3.20. The van der Waals surface area contributed by atoms with Crippen LogP contribution in [0.4, 0.5) is 13.2 Å². The molecule has 0 saturated heterocycles. The van der Waals surface area contributed by atoms with Gasteiger partial charge in [-0.2, -0.15) is 13.2 Å². The molecule has 6 heteroatoms. The van der Waals surface area contributed by atoms with Crippen molar-refractivity contribution in [3.8, 4) is 0 Å². The van der Waals surface area contributed by atoms with Crippen LogP contribution in [0.3, 0.4) is 0 Å².